The summed E-state index contributed by atoms with van der Waals surface area (Å²) in [6.45, 7) is 5.12. The van der Waals surface area contributed by atoms with E-state index in [-0.39, 0.29) is 6.03 Å². The molecule has 0 aliphatic heterocycles. The van der Waals surface area contributed by atoms with Crippen LogP contribution < -0.4 is 10.0 Å². The van der Waals surface area contributed by atoms with Crippen LogP contribution in [0.2, 0.25) is 0 Å². The summed E-state index contributed by atoms with van der Waals surface area (Å²) in [6, 6.07) is 8.29. The Morgan fingerprint density at radius 1 is 1.36 bits per heavy atom. The molecule has 0 radical (unpaired) electrons. The summed E-state index contributed by atoms with van der Waals surface area (Å²) in [5.74, 6) is 3.30. The molecule has 1 heterocycles. The molecule has 2 amide bonds. The van der Waals surface area contributed by atoms with Crippen LogP contribution in [0.15, 0.2) is 41.3 Å². The molecule has 1 aromatic carbocycles. The number of hydrogen-bond acceptors (Lipinski definition) is 5. The number of rotatable bonds is 10. The highest BCUT2D eigenvalue weighted by molar-refractivity contribution is 7.98. The molecule has 25 heavy (non-hydrogen) atoms. The summed E-state index contributed by atoms with van der Waals surface area (Å²) in [5, 5.41) is 3.95. The number of fused-ring (bicyclic) bond motifs is 1. The number of nitrogens with one attached hydrogen (secondary N) is 2. The Hall–Kier alpha value is -1.57. The molecule has 0 spiro atoms. The maximum Gasteiger partial charge on any atom is 0.324 e. The van der Waals surface area contributed by atoms with Crippen LogP contribution in [-0.4, -0.2) is 43.1 Å². The second-order valence-electron chi connectivity index (χ2n) is 5.83. The van der Waals surface area contributed by atoms with E-state index < -0.39 is 0 Å². The highest BCUT2D eigenvalue weighted by Crippen LogP contribution is 2.24. The summed E-state index contributed by atoms with van der Waals surface area (Å²) in [5.41, 5.74) is 2.18. The predicted molar refractivity (Wildman–Crippen MR) is 109 cm³/mol. The molecule has 2 aromatic rings. The molecule has 1 aromatic heterocycles. The maximum atomic E-state index is 11.5. The predicted octanol–water partition coefficient (Wildman–Crippen LogP) is 3.86. The van der Waals surface area contributed by atoms with E-state index in [1.807, 2.05) is 0 Å². The number of nitrogens with zero attached hydrogens (tertiary/aromatic N) is 1. The molecular formula is C18H25N3O2S2. The van der Waals surface area contributed by atoms with Gasteiger partial charge in [-0.05, 0) is 43.7 Å². The Labute approximate surface area is 157 Å². The lowest BCUT2D eigenvalue weighted by atomic mass is 10.1. The van der Waals surface area contributed by atoms with Crippen molar-refractivity contribution in [1.29, 1.82) is 0 Å². The maximum absolute atomic E-state index is 11.5. The lowest BCUT2D eigenvalue weighted by Crippen LogP contribution is -2.33. The van der Waals surface area contributed by atoms with E-state index >= 15 is 0 Å². The van der Waals surface area contributed by atoms with Crippen LogP contribution in [0.1, 0.15) is 11.3 Å². The molecule has 0 unspecified atom stereocenters. The SMILES string of the molecule is C=CCSNC(=O)NCCSCc1cc2ccc(CN(C)C)cc2o1. The van der Waals surface area contributed by atoms with Gasteiger partial charge in [-0.2, -0.15) is 11.8 Å². The first-order valence-electron chi connectivity index (χ1n) is 8.09. The summed E-state index contributed by atoms with van der Waals surface area (Å²) in [4.78, 5) is 13.6. The average molecular weight is 380 g/mol. The van der Waals surface area contributed by atoms with Crippen molar-refractivity contribution in [2.75, 3.05) is 32.1 Å². The van der Waals surface area contributed by atoms with Crippen LogP contribution >= 0.6 is 23.7 Å². The highest BCUT2D eigenvalue weighted by atomic mass is 32.2. The van der Waals surface area contributed by atoms with E-state index in [4.69, 9.17) is 4.42 Å². The smallest absolute Gasteiger partial charge is 0.324 e. The van der Waals surface area contributed by atoms with Crippen LogP contribution in [0.25, 0.3) is 11.0 Å². The minimum Gasteiger partial charge on any atom is -0.460 e. The monoisotopic (exact) mass is 379 g/mol. The van der Waals surface area contributed by atoms with E-state index in [0.717, 1.165) is 34.8 Å². The molecule has 5 nitrogen and oxygen atoms in total. The van der Waals surface area contributed by atoms with E-state index in [0.29, 0.717) is 12.3 Å². The van der Waals surface area contributed by atoms with Crippen LogP contribution in [0, 0.1) is 0 Å². The van der Waals surface area contributed by atoms with Gasteiger partial charge in [0.05, 0.1) is 5.75 Å². The van der Waals surface area contributed by atoms with Crippen LogP contribution in [0.4, 0.5) is 4.79 Å². The first-order valence-corrected chi connectivity index (χ1v) is 10.2. The Morgan fingerprint density at radius 3 is 2.96 bits per heavy atom. The Kier molecular flexibility index (Phi) is 8.24. The van der Waals surface area contributed by atoms with Gasteiger partial charge in [0, 0.05) is 30.0 Å². The fourth-order valence-electron chi connectivity index (χ4n) is 2.28. The van der Waals surface area contributed by atoms with Gasteiger partial charge in [-0.1, -0.05) is 18.2 Å². The molecule has 0 aliphatic carbocycles. The number of hydrogen-bond donors (Lipinski definition) is 2. The zero-order chi connectivity index (χ0) is 18.1. The molecule has 0 aliphatic rings. The normalized spacial score (nSPS) is 11.0. The van der Waals surface area contributed by atoms with Gasteiger partial charge in [0.1, 0.15) is 11.3 Å². The number of carbonyl (C=O) groups excluding carboxylic acids is 1. The summed E-state index contributed by atoms with van der Waals surface area (Å²) < 4.78 is 8.62. The topological polar surface area (TPSA) is 57.5 Å². The van der Waals surface area contributed by atoms with Crippen molar-refractivity contribution < 1.29 is 9.21 Å². The quantitative estimate of drug-likeness (QED) is 0.373. The lowest BCUT2D eigenvalue weighted by molar-refractivity contribution is 0.247. The largest absolute Gasteiger partial charge is 0.460 e. The molecule has 0 bridgehead atoms. The summed E-state index contributed by atoms with van der Waals surface area (Å²) in [7, 11) is 4.11. The van der Waals surface area contributed by atoms with Gasteiger partial charge in [-0.3, -0.25) is 4.72 Å². The first-order chi connectivity index (χ1) is 12.1. The minimum absolute atomic E-state index is 0.162. The second-order valence-corrected chi connectivity index (χ2v) is 7.76. The Balaban J connectivity index is 1.72. The highest BCUT2D eigenvalue weighted by Gasteiger charge is 2.06. The molecular weight excluding hydrogens is 354 g/mol. The summed E-state index contributed by atoms with van der Waals surface area (Å²) in [6.07, 6.45) is 1.75. The van der Waals surface area contributed by atoms with Crippen molar-refractivity contribution in [1.82, 2.24) is 14.9 Å². The zero-order valence-corrected chi connectivity index (χ0v) is 16.3. The molecule has 136 valence electrons. The average Bonchev–Trinajstić information content (AvgIpc) is 2.96. The van der Waals surface area contributed by atoms with Gasteiger partial charge >= 0.3 is 6.03 Å². The van der Waals surface area contributed by atoms with Crippen LogP contribution in [0.5, 0.6) is 0 Å². The van der Waals surface area contributed by atoms with Crippen molar-refractivity contribution in [3.05, 3.63) is 48.2 Å². The van der Waals surface area contributed by atoms with E-state index in [1.54, 1.807) is 17.8 Å². The third-order valence-electron chi connectivity index (χ3n) is 3.28. The molecule has 2 N–H and O–H groups in total. The molecule has 7 heteroatoms. The van der Waals surface area contributed by atoms with Gasteiger partial charge in [-0.25, -0.2) is 4.79 Å². The standard InChI is InChI=1S/C18H25N3O2S2/c1-4-8-25-20-18(22)19-7-9-24-13-16-11-15-6-5-14(12-21(2)3)10-17(15)23-16/h4-6,10-11H,1,7-9,12-13H2,2-3H3,(H2,19,20,22). The third kappa shape index (κ3) is 7.05. The van der Waals surface area contributed by atoms with Crippen LogP contribution in [-0.2, 0) is 12.3 Å². The van der Waals surface area contributed by atoms with Gasteiger partial charge in [0.2, 0.25) is 0 Å². The number of amides is 2. The van der Waals surface area contributed by atoms with Crippen molar-refractivity contribution in [2.24, 2.45) is 0 Å². The van der Waals surface area contributed by atoms with Crippen molar-refractivity contribution in [3.63, 3.8) is 0 Å². The third-order valence-corrected chi connectivity index (χ3v) is 4.99. The number of thioether (sulfide) groups is 1. The Morgan fingerprint density at radius 2 is 2.20 bits per heavy atom. The minimum atomic E-state index is -0.162. The molecule has 0 saturated carbocycles. The molecule has 0 atom stereocenters. The summed E-state index contributed by atoms with van der Waals surface area (Å²) >= 11 is 3.06. The van der Waals surface area contributed by atoms with E-state index in [1.165, 1.54) is 17.5 Å². The lowest BCUT2D eigenvalue weighted by Gasteiger charge is -2.08. The van der Waals surface area contributed by atoms with Crippen molar-refractivity contribution >= 4 is 40.7 Å². The fraction of sp³-hybridized carbons (Fsp3) is 0.389. The zero-order valence-electron chi connectivity index (χ0n) is 14.7. The van der Waals surface area contributed by atoms with E-state index in [9.17, 15) is 4.79 Å². The van der Waals surface area contributed by atoms with Crippen LogP contribution in [0.3, 0.4) is 0 Å². The molecule has 2 rings (SSSR count). The number of furan rings is 1. The van der Waals surface area contributed by atoms with Gasteiger partial charge in [0.25, 0.3) is 0 Å². The van der Waals surface area contributed by atoms with Crippen molar-refractivity contribution in [2.45, 2.75) is 12.3 Å². The Bertz CT molecular complexity index is 701. The number of benzene rings is 1. The van der Waals surface area contributed by atoms with Crippen molar-refractivity contribution in [3.8, 4) is 0 Å². The van der Waals surface area contributed by atoms with Gasteiger partial charge < -0.3 is 14.6 Å². The molecule has 0 fully saturated rings. The first kappa shape index (κ1) is 19.8. The number of carbonyl (C=O) groups is 1. The van der Waals surface area contributed by atoms with Gasteiger partial charge in [-0.15, -0.1) is 6.58 Å². The van der Waals surface area contributed by atoms with Gasteiger partial charge in [0.15, 0.2) is 0 Å². The number of urea groups is 1. The fourth-order valence-corrected chi connectivity index (χ4v) is 3.42. The second kappa shape index (κ2) is 10.4. The van der Waals surface area contributed by atoms with E-state index in [2.05, 4.69) is 59.9 Å². The molecule has 0 saturated heterocycles.